The second-order valence-corrected chi connectivity index (χ2v) is 4.42. The maximum absolute atomic E-state index is 13.7. The molecule has 0 spiro atoms. The van der Waals surface area contributed by atoms with Crippen LogP contribution in [0, 0.1) is 5.82 Å². The van der Waals surface area contributed by atoms with Gasteiger partial charge in [-0.3, -0.25) is 4.90 Å². The summed E-state index contributed by atoms with van der Waals surface area (Å²) in [6, 6.07) is 5.18. The van der Waals surface area contributed by atoms with Gasteiger partial charge in [-0.25, -0.2) is 4.39 Å². The number of hydrogen-bond acceptors (Lipinski definition) is 2. The zero-order valence-electron chi connectivity index (χ0n) is 9.58. The van der Waals surface area contributed by atoms with Crippen molar-refractivity contribution in [3.05, 3.63) is 35.1 Å². The molecule has 88 valence electrons. The van der Waals surface area contributed by atoms with Crippen LogP contribution in [0.4, 0.5) is 4.39 Å². The molecule has 0 unspecified atom stereocenters. The molecule has 0 radical (unpaired) electrons. The number of hydrogen-bond donors (Lipinski definition) is 1. The van der Waals surface area contributed by atoms with Gasteiger partial charge in [-0.15, -0.1) is 0 Å². The van der Waals surface area contributed by atoms with E-state index >= 15 is 0 Å². The lowest BCUT2D eigenvalue weighted by Crippen LogP contribution is -2.30. The molecule has 3 heteroatoms. The van der Waals surface area contributed by atoms with Crippen LogP contribution in [0.5, 0.6) is 0 Å². The summed E-state index contributed by atoms with van der Waals surface area (Å²) in [5.41, 5.74) is 7.36. The fraction of sp³-hybridized carbons (Fsp3) is 0.538. The van der Waals surface area contributed by atoms with Crippen molar-refractivity contribution in [2.45, 2.75) is 32.4 Å². The quantitative estimate of drug-likeness (QED) is 0.850. The smallest absolute Gasteiger partial charge is 0.128 e. The van der Waals surface area contributed by atoms with Crippen LogP contribution in [0.1, 0.15) is 30.4 Å². The van der Waals surface area contributed by atoms with Crippen LogP contribution < -0.4 is 5.73 Å². The number of nitrogens with two attached hydrogens (primary N) is 1. The number of benzene rings is 1. The first-order valence-electron chi connectivity index (χ1n) is 6.00. The van der Waals surface area contributed by atoms with Crippen molar-refractivity contribution in [3.63, 3.8) is 0 Å². The minimum Gasteiger partial charge on any atom is -0.326 e. The Balaban J connectivity index is 2.12. The van der Waals surface area contributed by atoms with Gasteiger partial charge in [-0.2, -0.15) is 0 Å². The third-order valence-electron chi connectivity index (χ3n) is 3.27. The molecule has 2 rings (SSSR count). The monoisotopic (exact) mass is 222 g/mol. The summed E-state index contributed by atoms with van der Waals surface area (Å²) in [6.07, 6.45) is 3.76. The lowest BCUT2D eigenvalue weighted by atomic mass is 10.0. The zero-order chi connectivity index (χ0) is 11.4. The molecular weight excluding hydrogens is 203 g/mol. The predicted molar refractivity (Wildman–Crippen MR) is 63.4 cm³/mol. The van der Waals surface area contributed by atoms with E-state index in [2.05, 4.69) is 4.90 Å². The highest BCUT2D eigenvalue weighted by Gasteiger charge is 2.14. The molecule has 1 aliphatic heterocycles. The summed E-state index contributed by atoms with van der Waals surface area (Å²) in [4.78, 5) is 2.32. The minimum atomic E-state index is -0.117. The molecule has 2 N–H and O–H groups in total. The topological polar surface area (TPSA) is 29.3 Å². The molecule has 0 aromatic heterocycles. The van der Waals surface area contributed by atoms with Crippen LogP contribution >= 0.6 is 0 Å². The second-order valence-electron chi connectivity index (χ2n) is 4.42. The average Bonchev–Trinajstić information content (AvgIpc) is 2.33. The Hall–Kier alpha value is -0.930. The number of halogens is 1. The molecule has 0 bridgehead atoms. The van der Waals surface area contributed by atoms with Gasteiger partial charge in [-0.1, -0.05) is 18.6 Å². The lowest BCUT2D eigenvalue weighted by Gasteiger charge is -2.27. The molecule has 0 saturated carbocycles. The van der Waals surface area contributed by atoms with Crippen LogP contribution in [0.25, 0.3) is 0 Å². The van der Waals surface area contributed by atoms with Crippen LogP contribution in [0.2, 0.25) is 0 Å². The van der Waals surface area contributed by atoms with Crippen LogP contribution in [0.3, 0.4) is 0 Å². The van der Waals surface area contributed by atoms with Crippen molar-refractivity contribution in [1.82, 2.24) is 4.90 Å². The Morgan fingerprint density at radius 2 is 1.94 bits per heavy atom. The van der Waals surface area contributed by atoms with Crippen LogP contribution in [0.15, 0.2) is 18.2 Å². The largest absolute Gasteiger partial charge is 0.326 e. The molecule has 0 amide bonds. The van der Waals surface area contributed by atoms with Crippen molar-refractivity contribution < 1.29 is 4.39 Å². The predicted octanol–water partition coefficient (Wildman–Crippen LogP) is 2.27. The Kier molecular flexibility index (Phi) is 3.91. The minimum absolute atomic E-state index is 0.117. The van der Waals surface area contributed by atoms with Crippen LogP contribution in [-0.4, -0.2) is 18.0 Å². The fourth-order valence-corrected chi connectivity index (χ4v) is 2.31. The molecule has 1 heterocycles. The van der Waals surface area contributed by atoms with Crippen molar-refractivity contribution in [2.75, 3.05) is 13.1 Å². The standard InChI is InChI=1S/C13H19FN2/c14-13-6-4-5-11(9-15)12(13)10-16-7-2-1-3-8-16/h4-6H,1-3,7-10,15H2. The van der Waals surface area contributed by atoms with E-state index in [4.69, 9.17) is 5.73 Å². The number of rotatable bonds is 3. The highest BCUT2D eigenvalue weighted by molar-refractivity contribution is 5.28. The van der Waals surface area contributed by atoms with Gasteiger partial charge in [0.1, 0.15) is 5.82 Å². The van der Waals surface area contributed by atoms with E-state index in [0.29, 0.717) is 13.1 Å². The van der Waals surface area contributed by atoms with Gasteiger partial charge < -0.3 is 5.73 Å². The molecule has 0 atom stereocenters. The normalized spacial score (nSPS) is 17.6. The van der Waals surface area contributed by atoms with Gasteiger partial charge in [0.05, 0.1) is 0 Å². The van der Waals surface area contributed by atoms with Gasteiger partial charge in [-0.05, 0) is 37.6 Å². The molecule has 1 aromatic rings. The number of nitrogens with zero attached hydrogens (tertiary/aromatic N) is 1. The van der Waals surface area contributed by atoms with Crippen molar-refractivity contribution in [2.24, 2.45) is 5.73 Å². The van der Waals surface area contributed by atoms with Crippen molar-refractivity contribution >= 4 is 0 Å². The van der Waals surface area contributed by atoms with Gasteiger partial charge in [0.15, 0.2) is 0 Å². The number of likely N-dealkylation sites (tertiary alicyclic amines) is 1. The molecule has 16 heavy (non-hydrogen) atoms. The molecular formula is C13H19FN2. The molecule has 1 aromatic carbocycles. The number of piperidine rings is 1. The summed E-state index contributed by atoms with van der Waals surface area (Å²) in [5.74, 6) is -0.117. The summed E-state index contributed by atoms with van der Waals surface area (Å²) in [6.45, 7) is 3.29. The van der Waals surface area contributed by atoms with E-state index in [0.717, 1.165) is 24.2 Å². The van der Waals surface area contributed by atoms with Gasteiger partial charge in [0.25, 0.3) is 0 Å². The first-order valence-corrected chi connectivity index (χ1v) is 6.00. The highest BCUT2D eigenvalue weighted by Crippen LogP contribution is 2.18. The van der Waals surface area contributed by atoms with Gasteiger partial charge in [0, 0.05) is 18.7 Å². The highest BCUT2D eigenvalue weighted by atomic mass is 19.1. The molecule has 1 fully saturated rings. The Labute approximate surface area is 96.2 Å². The summed E-state index contributed by atoms with van der Waals surface area (Å²) in [7, 11) is 0. The zero-order valence-corrected chi connectivity index (χ0v) is 9.58. The summed E-state index contributed by atoms with van der Waals surface area (Å²) < 4.78 is 13.7. The summed E-state index contributed by atoms with van der Waals surface area (Å²) in [5, 5.41) is 0. The maximum atomic E-state index is 13.7. The van der Waals surface area contributed by atoms with Gasteiger partial charge in [0.2, 0.25) is 0 Å². The molecule has 1 saturated heterocycles. The first-order chi connectivity index (χ1) is 7.81. The molecule has 1 aliphatic rings. The van der Waals surface area contributed by atoms with E-state index in [1.54, 1.807) is 6.07 Å². The third kappa shape index (κ3) is 2.60. The first kappa shape index (κ1) is 11.6. The van der Waals surface area contributed by atoms with Crippen LogP contribution in [-0.2, 0) is 13.1 Å². The van der Waals surface area contributed by atoms with E-state index in [9.17, 15) is 4.39 Å². The lowest BCUT2D eigenvalue weighted by molar-refractivity contribution is 0.217. The van der Waals surface area contributed by atoms with E-state index in [-0.39, 0.29) is 5.82 Å². The van der Waals surface area contributed by atoms with Gasteiger partial charge >= 0.3 is 0 Å². The molecule has 2 nitrogen and oxygen atoms in total. The maximum Gasteiger partial charge on any atom is 0.128 e. The van der Waals surface area contributed by atoms with Crippen molar-refractivity contribution in [1.29, 1.82) is 0 Å². The summed E-state index contributed by atoms with van der Waals surface area (Å²) >= 11 is 0. The second kappa shape index (κ2) is 5.41. The Morgan fingerprint density at radius 1 is 1.19 bits per heavy atom. The van der Waals surface area contributed by atoms with E-state index in [1.165, 1.54) is 25.3 Å². The SMILES string of the molecule is NCc1cccc(F)c1CN1CCCCC1. The van der Waals surface area contributed by atoms with E-state index in [1.807, 2.05) is 6.07 Å². The van der Waals surface area contributed by atoms with E-state index < -0.39 is 0 Å². The Bertz CT molecular complexity index is 346. The Morgan fingerprint density at radius 3 is 2.62 bits per heavy atom. The van der Waals surface area contributed by atoms with Crippen molar-refractivity contribution in [3.8, 4) is 0 Å². The average molecular weight is 222 g/mol. The molecule has 0 aliphatic carbocycles. The fourth-order valence-electron chi connectivity index (χ4n) is 2.31. The third-order valence-corrected chi connectivity index (χ3v) is 3.27.